The summed E-state index contributed by atoms with van der Waals surface area (Å²) >= 11 is 6.45. The Morgan fingerprint density at radius 1 is 1.65 bits per heavy atom. The van der Waals surface area contributed by atoms with Crippen molar-refractivity contribution in [2.75, 3.05) is 6.54 Å². The molecule has 0 aliphatic carbocycles. The quantitative estimate of drug-likeness (QED) is 0.474. The molecule has 0 saturated carbocycles. The van der Waals surface area contributed by atoms with E-state index < -0.39 is 0 Å². The molecule has 1 aliphatic rings. The minimum absolute atomic E-state index is 0.0660. The zero-order valence-corrected chi connectivity index (χ0v) is 10.9. The third kappa shape index (κ3) is 2.48. The van der Waals surface area contributed by atoms with Crippen molar-refractivity contribution in [1.82, 2.24) is 14.7 Å². The first kappa shape index (κ1) is 12.1. The van der Waals surface area contributed by atoms with Crippen LogP contribution >= 0.6 is 24.0 Å². The maximum atomic E-state index is 12.0. The van der Waals surface area contributed by atoms with E-state index in [1.54, 1.807) is 23.0 Å². The third-order valence-corrected chi connectivity index (χ3v) is 3.59. The number of thioether (sulfide) groups is 1. The summed E-state index contributed by atoms with van der Waals surface area (Å²) in [5.74, 6) is -0.0660. The summed E-state index contributed by atoms with van der Waals surface area (Å²) in [6, 6.07) is 0. The molecule has 0 unspecified atom stereocenters. The van der Waals surface area contributed by atoms with Gasteiger partial charge in [0.2, 0.25) is 0 Å². The predicted molar refractivity (Wildman–Crippen MR) is 73.3 cm³/mol. The van der Waals surface area contributed by atoms with Gasteiger partial charge in [0.1, 0.15) is 4.32 Å². The lowest BCUT2D eigenvalue weighted by Gasteiger charge is -2.10. The largest absolute Gasteiger partial charge is 0.289 e. The lowest BCUT2D eigenvalue weighted by molar-refractivity contribution is -0.121. The Balaban J connectivity index is 2.24. The van der Waals surface area contributed by atoms with Crippen LogP contribution in [0, 0.1) is 0 Å². The van der Waals surface area contributed by atoms with Crippen LogP contribution in [0.2, 0.25) is 0 Å². The standard InChI is InChI=1S/C11H11N3OS2/c1-3-4-14-10(15)9(17-11(14)16)5-8-6-12-13(2)7-8/h3,5-7H,1,4H2,2H3. The summed E-state index contributed by atoms with van der Waals surface area (Å²) in [6.45, 7) is 4.06. The number of aryl methyl sites for hydroxylation is 1. The van der Waals surface area contributed by atoms with Gasteiger partial charge in [0.15, 0.2) is 0 Å². The van der Waals surface area contributed by atoms with Gasteiger partial charge in [-0.15, -0.1) is 6.58 Å². The second kappa shape index (κ2) is 4.85. The van der Waals surface area contributed by atoms with E-state index in [0.717, 1.165) is 5.56 Å². The fourth-order valence-electron chi connectivity index (χ4n) is 1.45. The molecule has 1 saturated heterocycles. The fraction of sp³-hybridized carbons (Fsp3) is 0.182. The van der Waals surface area contributed by atoms with Crippen molar-refractivity contribution in [3.05, 3.63) is 35.5 Å². The molecule has 0 radical (unpaired) electrons. The minimum atomic E-state index is -0.0660. The molecule has 0 aromatic carbocycles. The van der Waals surface area contributed by atoms with E-state index in [9.17, 15) is 4.79 Å². The molecule has 1 amide bonds. The Hall–Kier alpha value is -1.40. The van der Waals surface area contributed by atoms with Crippen LogP contribution in [-0.4, -0.2) is 31.5 Å². The molecule has 2 heterocycles. The van der Waals surface area contributed by atoms with Crippen LogP contribution in [0.1, 0.15) is 5.56 Å². The second-order valence-corrected chi connectivity index (χ2v) is 5.20. The molecule has 88 valence electrons. The fourth-order valence-corrected chi connectivity index (χ4v) is 2.73. The third-order valence-electron chi connectivity index (χ3n) is 2.21. The van der Waals surface area contributed by atoms with Crippen molar-refractivity contribution in [2.45, 2.75) is 0 Å². The number of nitrogens with zero attached hydrogens (tertiary/aromatic N) is 3. The van der Waals surface area contributed by atoms with Crippen LogP contribution < -0.4 is 0 Å². The summed E-state index contributed by atoms with van der Waals surface area (Å²) in [5.41, 5.74) is 0.895. The SMILES string of the molecule is C=CCN1C(=O)C(=Cc2cnn(C)c2)SC1=S. The van der Waals surface area contributed by atoms with Crippen LogP contribution in [0.15, 0.2) is 30.0 Å². The van der Waals surface area contributed by atoms with Crippen LogP contribution in [-0.2, 0) is 11.8 Å². The number of carbonyl (C=O) groups excluding carboxylic acids is 1. The number of hydrogen-bond acceptors (Lipinski definition) is 4. The molecule has 0 N–H and O–H groups in total. The molecular formula is C11H11N3OS2. The molecule has 1 fully saturated rings. The molecule has 1 aromatic heterocycles. The predicted octanol–water partition coefficient (Wildman–Crippen LogP) is 1.81. The van der Waals surface area contributed by atoms with Crippen LogP contribution in [0.25, 0.3) is 6.08 Å². The van der Waals surface area contributed by atoms with Gasteiger partial charge in [-0.3, -0.25) is 14.4 Å². The summed E-state index contributed by atoms with van der Waals surface area (Å²) in [7, 11) is 1.83. The maximum Gasteiger partial charge on any atom is 0.266 e. The number of hydrogen-bond donors (Lipinski definition) is 0. The second-order valence-electron chi connectivity index (χ2n) is 3.53. The highest BCUT2D eigenvalue weighted by Crippen LogP contribution is 2.32. The van der Waals surface area contributed by atoms with Gasteiger partial charge in [-0.25, -0.2) is 0 Å². The first-order valence-electron chi connectivity index (χ1n) is 4.96. The summed E-state index contributed by atoms with van der Waals surface area (Å²) in [5, 5.41) is 4.05. The van der Waals surface area contributed by atoms with E-state index in [1.807, 2.05) is 13.2 Å². The van der Waals surface area contributed by atoms with E-state index >= 15 is 0 Å². The first-order chi connectivity index (χ1) is 8.11. The Morgan fingerprint density at radius 2 is 2.41 bits per heavy atom. The minimum Gasteiger partial charge on any atom is -0.289 e. The van der Waals surface area contributed by atoms with Gasteiger partial charge in [0.25, 0.3) is 5.91 Å². The molecule has 1 aliphatic heterocycles. The van der Waals surface area contributed by atoms with Gasteiger partial charge in [-0.2, -0.15) is 5.10 Å². The van der Waals surface area contributed by atoms with Gasteiger partial charge in [0, 0.05) is 25.4 Å². The topological polar surface area (TPSA) is 38.1 Å². The number of thiocarbonyl (C=S) groups is 1. The first-order valence-corrected chi connectivity index (χ1v) is 6.19. The van der Waals surface area contributed by atoms with Gasteiger partial charge >= 0.3 is 0 Å². The van der Waals surface area contributed by atoms with Crippen molar-refractivity contribution in [1.29, 1.82) is 0 Å². The molecule has 2 rings (SSSR count). The summed E-state index contributed by atoms with van der Waals surface area (Å²) in [4.78, 5) is 14.2. The highest BCUT2D eigenvalue weighted by atomic mass is 32.2. The molecule has 0 bridgehead atoms. The van der Waals surface area contributed by atoms with Crippen molar-refractivity contribution in [3.63, 3.8) is 0 Å². The Bertz CT molecular complexity index is 519. The molecule has 0 atom stereocenters. The monoisotopic (exact) mass is 265 g/mol. The zero-order chi connectivity index (χ0) is 12.4. The lowest BCUT2D eigenvalue weighted by Crippen LogP contribution is -2.27. The average molecular weight is 265 g/mol. The number of carbonyl (C=O) groups is 1. The number of rotatable bonds is 3. The molecule has 6 heteroatoms. The van der Waals surface area contributed by atoms with Crippen LogP contribution in [0.5, 0.6) is 0 Å². The van der Waals surface area contributed by atoms with Crippen molar-refractivity contribution in [2.24, 2.45) is 7.05 Å². The highest BCUT2D eigenvalue weighted by molar-refractivity contribution is 8.26. The van der Waals surface area contributed by atoms with Crippen LogP contribution in [0.3, 0.4) is 0 Å². The average Bonchev–Trinajstić information content (AvgIpc) is 2.79. The Morgan fingerprint density at radius 3 is 3.00 bits per heavy atom. The normalized spacial score (nSPS) is 18.2. The molecule has 1 aromatic rings. The van der Waals surface area contributed by atoms with Crippen molar-refractivity contribution in [3.8, 4) is 0 Å². The molecule has 4 nitrogen and oxygen atoms in total. The summed E-state index contributed by atoms with van der Waals surface area (Å²) in [6.07, 6.45) is 7.02. The van der Waals surface area contributed by atoms with Gasteiger partial charge in [0.05, 0.1) is 11.1 Å². The zero-order valence-electron chi connectivity index (χ0n) is 9.29. The molecule has 17 heavy (non-hydrogen) atoms. The summed E-state index contributed by atoms with van der Waals surface area (Å²) < 4.78 is 2.26. The van der Waals surface area contributed by atoms with E-state index in [-0.39, 0.29) is 5.91 Å². The van der Waals surface area contributed by atoms with Gasteiger partial charge < -0.3 is 0 Å². The smallest absolute Gasteiger partial charge is 0.266 e. The molecule has 0 spiro atoms. The van der Waals surface area contributed by atoms with E-state index in [0.29, 0.717) is 15.8 Å². The van der Waals surface area contributed by atoms with Gasteiger partial charge in [-0.1, -0.05) is 30.1 Å². The van der Waals surface area contributed by atoms with Crippen molar-refractivity contribution < 1.29 is 4.79 Å². The maximum absolute atomic E-state index is 12.0. The lowest BCUT2D eigenvalue weighted by atomic mass is 10.3. The Labute approximate surface area is 109 Å². The van der Waals surface area contributed by atoms with Crippen LogP contribution in [0.4, 0.5) is 0 Å². The van der Waals surface area contributed by atoms with E-state index in [4.69, 9.17) is 12.2 Å². The van der Waals surface area contributed by atoms with Gasteiger partial charge in [-0.05, 0) is 6.08 Å². The molecular weight excluding hydrogens is 254 g/mol. The number of aromatic nitrogens is 2. The van der Waals surface area contributed by atoms with Crippen molar-refractivity contribution >= 4 is 40.3 Å². The van der Waals surface area contributed by atoms with E-state index in [2.05, 4.69) is 11.7 Å². The highest BCUT2D eigenvalue weighted by Gasteiger charge is 2.30. The van der Waals surface area contributed by atoms with E-state index in [1.165, 1.54) is 16.7 Å². The number of amides is 1. The Kier molecular flexibility index (Phi) is 3.44.